The molecule has 2 aromatic rings. The molecule has 2 N–H and O–H groups in total. The minimum absolute atomic E-state index is 0.0676. The third-order valence-electron chi connectivity index (χ3n) is 2.90. The third kappa shape index (κ3) is 3.32. The van der Waals surface area contributed by atoms with E-state index in [4.69, 9.17) is 16.3 Å². The number of hydrogen-bond donors (Lipinski definition) is 2. The average molecular weight is 278 g/mol. The molecule has 4 heteroatoms. The molecule has 0 radical (unpaired) electrons. The standard InChI is InChI=1S/C15H16ClNO2/c1-10(11-4-3-5-13(18)8-11)17-12-6-7-14(16)15(9-12)19-2/h3-10,17-18H,1-2H3. The van der Waals surface area contributed by atoms with Crippen molar-refractivity contribution in [3.8, 4) is 11.5 Å². The van der Waals surface area contributed by atoms with Gasteiger partial charge in [-0.15, -0.1) is 0 Å². The minimum atomic E-state index is 0.0676. The van der Waals surface area contributed by atoms with Gasteiger partial charge in [-0.05, 0) is 36.8 Å². The first-order valence-electron chi connectivity index (χ1n) is 5.99. The van der Waals surface area contributed by atoms with Crippen LogP contribution in [-0.4, -0.2) is 12.2 Å². The second kappa shape index (κ2) is 5.85. The lowest BCUT2D eigenvalue weighted by Gasteiger charge is -2.17. The topological polar surface area (TPSA) is 41.5 Å². The number of aromatic hydroxyl groups is 1. The van der Waals surface area contributed by atoms with Gasteiger partial charge in [0.1, 0.15) is 11.5 Å². The van der Waals surface area contributed by atoms with Gasteiger partial charge in [-0.1, -0.05) is 23.7 Å². The van der Waals surface area contributed by atoms with Crippen molar-refractivity contribution >= 4 is 17.3 Å². The highest BCUT2D eigenvalue weighted by Gasteiger charge is 2.08. The van der Waals surface area contributed by atoms with E-state index < -0.39 is 0 Å². The Bertz CT molecular complexity index is 572. The van der Waals surface area contributed by atoms with Gasteiger partial charge in [0.05, 0.1) is 12.1 Å². The van der Waals surface area contributed by atoms with E-state index in [0.29, 0.717) is 10.8 Å². The maximum absolute atomic E-state index is 9.48. The second-order valence-corrected chi connectivity index (χ2v) is 4.72. The Labute approximate surface area is 117 Å². The number of rotatable bonds is 4. The van der Waals surface area contributed by atoms with Crippen LogP contribution in [0.15, 0.2) is 42.5 Å². The molecule has 19 heavy (non-hydrogen) atoms. The lowest BCUT2D eigenvalue weighted by Crippen LogP contribution is -2.06. The van der Waals surface area contributed by atoms with E-state index in [1.807, 2.05) is 31.2 Å². The van der Waals surface area contributed by atoms with Crippen LogP contribution in [0.1, 0.15) is 18.5 Å². The van der Waals surface area contributed by atoms with Crippen LogP contribution in [-0.2, 0) is 0 Å². The summed E-state index contributed by atoms with van der Waals surface area (Å²) in [4.78, 5) is 0. The zero-order valence-corrected chi connectivity index (χ0v) is 11.6. The van der Waals surface area contributed by atoms with E-state index in [1.165, 1.54) is 0 Å². The Morgan fingerprint density at radius 2 is 2.00 bits per heavy atom. The van der Waals surface area contributed by atoms with E-state index in [0.717, 1.165) is 11.3 Å². The first-order valence-corrected chi connectivity index (χ1v) is 6.37. The Balaban J connectivity index is 2.17. The van der Waals surface area contributed by atoms with Crippen LogP contribution in [0.3, 0.4) is 0 Å². The van der Waals surface area contributed by atoms with Gasteiger partial charge in [-0.2, -0.15) is 0 Å². The summed E-state index contributed by atoms with van der Waals surface area (Å²) in [5.74, 6) is 0.898. The molecule has 0 saturated heterocycles. The number of nitrogens with one attached hydrogen (secondary N) is 1. The molecule has 2 aromatic carbocycles. The minimum Gasteiger partial charge on any atom is -0.508 e. The molecular weight excluding hydrogens is 262 g/mol. The number of benzene rings is 2. The number of methoxy groups -OCH3 is 1. The van der Waals surface area contributed by atoms with E-state index in [9.17, 15) is 5.11 Å². The maximum Gasteiger partial charge on any atom is 0.139 e. The number of halogens is 1. The average Bonchev–Trinajstić information content (AvgIpc) is 2.41. The largest absolute Gasteiger partial charge is 0.508 e. The summed E-state index contributed by atoms with van der Waals surface area (Å²) in [6, 6.07) is 12.8. The number of ether oxygens (including phenoxy) is 1. The normalized spacial score (nSPS) is 11.9. The van der Waals surface area contributed by atoms with Crippen molar-refractivity contribution in [1.82, 2.24) is 0 Å². The van der Waals surface area contributed by atoms with Crippen molar-refractivity contribution in [2.24, 2.45) is 0 Å². The zero-order chi connectivity index (χ0) is 13.8. The summed E-state index contributed by atoms with van der Waals surface area (Å²) >= 11 is 5.98. The van der Waals surface area contributed by atoms with Crippen LogP contribution in [0.5, 0.6) is 11.5 Å². The van der Waals surface area contributed by atoms with Crippen LogP contribution in [0.25, 0.3) is 0 Å². The predicted octanol–water partition coefficient (Wildman–Crippen LogP) is 4.23. The van der Waals surface area contributed by atoms with Gasteiger partial charge in [0, 0.05) is 17.8 Å². The lowest BCUT2D eigenvalue weighted by atomic mass is 10.1. The molecule has 0 aliphatic carbocycles. The summed E-state index contributed by atoms with van der Waals surface area (Å²) in [6.45, 7) is 2.02. The van der Waals surface area contributed by atoms with Crippen molar-refractivity contribution in [3.05, 3.63) is 53.1 Å². The second-order valence-electron chi connectivity index (χ2n) is 4.31. The Kier molecular flexibility index (Phi) is 4.17. The molecule has 0 saturated carbocycles. The Morgan fingerprint density at radius 1 is 1.21 bits per heavy atom. The van der Waals surface area contributed by atoms with E-state index in [1.54, 1.807) is 25.3 Å². The van der Waals surface area contributed by atoms with Gasteiger partial charge < -0.3 is 15.2 Å². The fourth-order valence-electron chi connectivity index (χ4n) is 1.88. The molecule has 100 valence electrons. The quantitative estimate of drug-likeness (QED) is 0.879. The monoisotopic (exact) mass is 277 g/mol. The van der Waals surface area contributed by atoms with Gasteiger partial charge >= 0.3 is 0 Å². The van der Waals surface area contributed by atoms with Crippen molar-refractivity contribution < 1.29 is 9.84 Å². The zero-order valence-electron chi connectivity index (χ0n) is 10.9. The number of phenols is 1. The summed E-state index contributed by atoms with van der Waals surface area (Å²) in [6.07, 6.45) is 0. The van der Waals surface area contributed by atoms with Crippen molar-refractivity contribution in [2.75, 3.05) is 12.4 Å². The molecule has 0 bridgehead atoms. The third-order valence-corrected chi connectivity index (χ3v) is 3.22. The van der Waals surface area contributed by atoms with Gasteiger partial charge in [0.15, 0.2) is 0 Å². The van der Waals surface area contributed by atoms with Crippen LogP contribution in [0.4, 0.5) is 5.69 Å². The van der Waals surface area contributed by atoms with E-state index >= 15 is 0 Å². The summed E-state index contributed by atoms with van der Waals surface area (Å²) < 4.78 is 5.18. The fourth-order valence-corrected chi connectivity index (χ4v) is 2.07. The SMILES string of the molecule is COc1cc(NC(C)c2cccc(O)c2)ccc1Cl. The highest BCUT2D eigenvalue weighted by molar-refractivity contribution is 6.32. The number of phenolic OH excluding ortho intramolecular Hbond substituents is 1. The summed E-state index contributed by atoms with van der Waals surface area (Å²) in [5.41, 5.74) is 1.92. The molecule has 0 spiro atoms. The summed E-state index contributed by atoms with van der Waals surface area (Å²) in [5, 5.41) is 13.4. The van der Waals surface area contributed by atoms with Gasteiger partial charge in [0.2, 0.25) is 0 Å². The molecular formula is C15H16ClNO2. The maximum atomic E-state index is 9.48. The van der Waals surface area contributed by atoms with Crippen molar-refractivity contribution in [3.63, 3.8) is 0 Å². The molecule has 1 atom stereocenters. The molecule has 2 rings (SSSR count). The summed E-state index contributed by atoms with van der Waals surface area (Å²) in [7, 11) is 1.59. The smallest absolute Gasteiger partial charge is 0.139 e. The van der Waals surface area contributed by atoms with Crippen molar-refractivity contribution in [2.45, 2.75) is 13.0 Å². The Morgan fingerprint density at radius 3 is 2.68 bits per heavy atom. The van der Waals surface area contributed by atoms with Gasteiger partial charge in [0.25, 0.3) is 0 Å². The fraction of sp³-hybridized carbons (Fsp3) is 0.200. The van der Waals surface area contributed by atoms with Gasteiger partial charge in [-0.3, -0.25) is 0 Å². The Hall–Kier alpha value is -1.87. The molecule has 0 aromatic heterocycles. The first kappa shape index (κ1) is 13.6. The molecule has 0 heterocycles. The van der Waals surface area contributed by atoms with Crippen LogP contribution >= 0.6 is 11.6 Å². The molecule has 3 nitrogen and oxygen atoms in total. The lowest BCUT2D eigenvalue weighted by molar-refractivity contribution is 0.415. The molecule has 1 unspecified atom stereocenters. The van der Waals surface area contributed by atoms with Crippen molar-refractivity contribution in [1.29, 1.82) is 0 Å². The number of anilines is 1. The van der Waals surface area contributed by atoms with Crippen LogP contribution in [0, 0.1) is 0 Å². The molecule has 0 fully saturated rings. The molecule has 0 aliphatic heterocycles. The molecule has 0 amide bonds. The predicted molar refractivity (Wildman–Crippen MR) is 78.1 cm³/mol. The first-order chi connectivity index (χ1) is 9.10. The molecule has 0 aliphatic rings. The van der Waals surface area contributed by atoms with Crippen LogP contribution in [0.2, 0.25) is 5.02 Å². The van der Waals surface area contributed by atoms with Crippen LogP contribution < -0.4 is 10.1 Å². The highest BCUT2D eigenvalue weighted by Crippen LogP contribution is 2.29. The van der Waals surface area contributed by atoms with E-state index in [2.05, 4.69) is 5.32 Å². The van der Waals surface area contributed by atoms with E-state index in [-0.39, 0.29) is 11.8 Å². The highest BCUT2D eigenvalue weighted by atomic mass is 35.5. The number of hydrogen-bond acceptors (Lipinski definition) is 3. The van der Waals surface area contributed by atoms with Gasteiger partial charge in [-0.25, -0.2) is 0 Å².